The van der Waals surface area contributed by atoms with Crippen molar-refractivity contribution < 1.29 is 0 Å². The molecule has 64 valence electrons. The van der Waals surface area contributed by atoms with Gasteiger partial charge in [-0.3, -0.25) is 5.43 Å². The standard InChI is InChI=1S/C4H5N5S3/c5-3-9(7-4(10)12-3)2-1-11-8-6-2/h1,3H,5H2,(H,7,10). The lowest BCUT2D eigenvalue weighted by atomic mass is 10.7. The first-order chi connectivity index (χ1) is 5.77. The average molecular weight is 219 g/mol. The van der Waals surface area contributed by atoms with Crippen LogP contribution < -0.4 is 16.2 Å². The normalized spacial score (nSPS) is 22.9. The molecule has 1 saturated heterocycles. The Balaban J connectivity index is 2.20. The Kier molecular flexibility index (Phi) is 2.13. The summed E-state index contributed by atoms with van der Waals surface area (Å²) in [6, 6.07) is 0. The van der Waals surface area contributed by atoms with Gasteiger partial charge in [-0.1, -0.05) is 28.5 Å². The Labute approximate surface area is 82.4 Å². The maximum absolute atomic E-state index is 5.74. The molecule has 1 aromatic heterocycles. The molecule has 3 N–H and O–H groups in total. The van der Waals surface area contributed by atoms with Gasteiger partial charge < -0.3 is 5.73 Å². The van der Waals surface area contributed by atoms with Crippen molar-refractivity contribution in [3.05, 3.63) is 5.38 Å². The second-order valence-electron chi connectivity index (χ2n) is 2.04. The van der Waals surface area contributed by atoms with E-state index < -0.39 is 0 Å². The summed E-state index contributed by atoms with van der Waals surface area (Å²) in [5.41, 5.74) is 8.44. The van der Waals surface area contributed by atoms with Crippen molar-refractivity contribution in [3.8, 4) is 0 Å². The van der Waals surface area contributed by atoms with E-state index in [1.54, 1.807) is 10.4 Å². The van der Waals surface area contributed by atoms with Crippen molar-refractivity contribution >= 4 is 45.7 Å². The van der Waals surface area contributed by atoms with E-state index in [0.29, 0.717) is 10.1 Å². The smallest absolute Gasteiger partial charge is 0.184 e. The van der Waals surface area contributed by atoms with Crippen molar-refractivity contribution in [1.82, 2.24) is 15.0 Å². The molecule has 1 aromatic rings. The molecule has 0 aromatic carbocycles. The Bertz CT molecular complexity index is 285. The topological polar surface area (TPSA) is 67.1 Å². The van der Waals surface area contributed by atoms with E-state index in [0.717, 1.165) is 0 Å². The van der Waals surface area contributed by atoms with Crippen LogP contribution in [0.15, 0.2) is 5.38 Å². The minimum absolute atomic E-state index is 0.207. The van der Waals surface area contributed by atoms with Crippen LogP contribution in [-0.2, 0) is 0 Å². The third kappa shape index (κ3) is 1.38. The zero-order valence-electron chi connectivity index (χ0n) is 5.80. The summed E-state index contributed by atoms with van der Waals surface area (Å²) in [4.78, 5) is 0. The van der Waals surface area contributed by atoms with E-state index in [-0.39, 0.29) is 5.50 Å². The fourth-order valence-electron chi connectivity index (χ4n) is 0.803. The van der Waals surface area contributed by atoms with Gasteiger partial charge in [-0.15, -0.1) is 5.10 Å². The number of nitrogens with zero attached hydrogens (tertiary/aromatic N) is 3. The lowest BCUT2D eigenvalue weighted by molar-refractivity contribution is 0.749. The molecule has 1 aliphatic heterocycles. The zero-order valence-corrected chi connectivity index (χ0v) is 8.25. The van der Waals surface area contributed by atoms with E-state index in [4.69, 9.17) is 18.0 Å². The SMILES string of the molecule is NC1SC(=S)NN1c1csnn1. The van der Waals surface area contributed by atoms with Gasteiger partial charge in [0.2, 0.25) is 0 Å². The number of nitrogens with two attached hydrogens (primary N) is 1. The summed E-state index contributed by atoms with van der Waals surface area (Å²) in [5, 5.41) is 7.36. The molecular weight excluding hydrogens is 214 g/mol. The molecular formula is C4H5N5S3. The van der Waals surface area contributed by atoms with Crippen LogP contribution in [0.3, 0.4) is 0 Å². The fraction of sp³-hybridized carbons (Fsp3) is 0.250. The highest BCUT2D eigenvalue weighted by Crippen LogP contribution is 2.23. The Morgan fingerprint density at radius 2 is 2.58 bits per heavy atom. The minimum atomic E-state index is -0.207. The third-order valence-electron chi connectivity index (χ3n) is 1.29. The molecule has 0 radical (unpaired) electrons. The Hall–Kier alpha value is -0.440. The highest BCUT2D eigenvalue weighted by Gasteiger charge is 2.27. The number of thioether (sulfide) groups is 1. The third-order valence-corrected chi connectivity index (χ3v) is 2.92. The lowest BCUT2D eigenvalue weighted by Gasteiger charge is -2.17. The molecule has 2 rings (SSSR count). The summed E-state index contributed by atoms with van der Waals surface area (Å²) in [5.74, 6) is 0.708. The van der Waals surface area contributed by atoms with E-state index in [2.05, 4.69) is 15.0 Å². The largest absolute Gasteiger partial charge is 0.301 e. The average Bonchev–Trinajstić information content (AvgIpc) is 2.58. The monoisotopic (exact) mass is 219 g/mol. The predicted octanol–water partition coefficient (Wildman–Crippen LogP) is 0.123. The van der Waals surface area contributed by atoms with Gasteiger partial charge in [0.1, 0.15) is 0 Å². The molecule has 1 aliphatic rings. The molecule has 0 aliphatic carbocycles. The highest BCUT2D eigenvalue weighted by atomic mass is 32.2. The van der Waals surface area contributed by atoms with Crippen LogP contribution >= 0.6 is 35.5 Å². The molecule has 5 nitrogen and oxygen atoms in total. The summed E-state index contributed by atoms with van der Waals surface area (Å²) < 4.78 is 4.39. The van der Waals surface area contributed by atoms with Crippen molar-refractivity contribution in [2.75, 3.05) is 5.01 Å². The van der Waals surface area contributed by atoms with Gasteiger partial charge in [-0.25, -0.2) is 5.01 Å². The maximum Gasteiger partial charge on any atom is 0.184 e. The summed E-state index contributed by atoms with van der Waals surface area (Å²) >= 11 is 7.60. The summed E-state index contributed by atoms with van der Waals surface area (Å²) in [7, 11) is 0. The van der Waals surface area contributed by atoms with Crippen LogP contribution in [0.5, 0.6) is 0 Å². The van der Waals surface area contributed by atoms with E-state index in [1.807, 2.05) is 0 Å². The molecule has 0 amide bonds. The van der Waals surface area contributed by atoms with Crippen LogP contribution in [-0.4, -0.2) is 19.4 Å². The van der Waals surface area contributed by atoms with Gasteiger partial charge in [0.25, 0.3) is 0 Å². The quantitative estimate of drug-likeness (QED) is 0.650. The Morgan fingerprint density at radius 1 is 1.75 bits per heavy atom. The van der Waals surface area contributed by atoms with Crippen LogP contribution in [0.1, 0.15) is 0 Å². The first-order valence-corrected chi connectivity index (χ1v) is 5.19. The van der Waals surface area contributed by atoms with E-state index in [1.165, 1.54) is 23.3 Å². The number of hydrogen-bond acceptors (Lipinski definition) is 7. The van der Waals surface area contributed by atoms with Crippen molar-refractivity contribution in [2.45, 2.75) is 5.50 Å². The van der Waals surface area contributed by atoms with Gasteiger partial charge >= 0.3 is 0 Å². The summed E-state index contributed by atoms with van der Waals surface area (Å²) in [6.45, 7) is 0. The van der Waals surface area contributed by atoms with Crippen LogP contribution in [0.2, 0.25) is 0 Å². The molecule has 8 heteroatoms. The first-order valence-electron chi connectivity index (χ1n) is 3.06. The Morgan fingerprint density at radius 3 is 3.08 bits per heavy atom. The van der Waals surface area contributed by atoms with E-state index >= 15 is 0 Å². The zero-order chi connectivity index (χ0) is 8.55. The van der Waals surface area contributed by atoms with E-state index in [9.17, 15) is 0 Å². The van der Waals surface area contributed by atoms with Crippen molar-refractivity contribution in [1.29, 1.82) is 0 Å². The predicted molar refractivity (Wildman–Crippen MR) is 53.7 cm³/mol. The number of hydrogen-bond donors (Lipinski definition) is 2. The second kappa shape index (κ2) is 3.13. The molecule has 0 saturated carbocycles. The van der Waals surface area contributed by atoms with Crippen molar-refractivity contribution in [3.63, 3.8) is 0 Å². The molecule has 1 fully saturated rings. The molecule has 12 heavy (non-hydrogen) atoms. The maximum atomic E-state index is 5.74. The lowest BCUT2D eigenvalue weighted by Crippen LogP contribution is -2.42. The van der Waals surface area contributed by atoms with Gasteiger partial charge in [0.05, 0.1) is 5.38 Å². The number of aromatic nitrogens is 2. The minimum Gasteiger partial charge on any atom is -0.301 e. The first kappa shape index (κ1) is 8.17. The van der Waals surface area contributed by atoms with Crippen molar-refractivity contribution in [2.24, 2.45) is 5.73 Å². The van der Waals surface area contributed by atoms with Gasteiger partial charge in [0, 0.05) is 0 Å². The van der Waals surface area contributed by atoms with Gasteiger partial charge in [0.15, 0.2) is 15.6 Å². The number of anilines is 1. The molecule has 0 bridgehead atoms. The van der Waals surface area contributed by atoms with Crippen LogP contribution in [0, 0.1) is 0 Å². The van der Waals surface area contributed by atoms with Gasteiger partial charge in [-0.2, -0.15) is 0 Å². The summed E-state index contributed by atoms with van der Waals surface area (Å²) in [6.07, 6.45) is 0. The highest BCUT2D eigenvalue weighted by molar-refractivity contribution is 8.23. The number of hydrazine groups is 1. The molecule has 1 atom stereocenters. The number of nitrogens with one attached hydrogen (secondary N) is 1. The van der Waals surface area contributed by atoms with Crippen LogP contribution in [0.4, 0.5) is 5.82 Å². The second-order valence-corrected chi connectivity index (χ2v) is 4.44. The number of rotatable bonds is 1. The number of thiocarbonyl (C=S) groups is 1. The molecule has 0 spiro atoms. The van der Waals surface area contributed by atoms with Gasteiger partial charge in [-0.05, 0) is 11.5 Å². The molecule has 2 heterocycles. The van der Waals surface area contributed by atoms with Crippen LogP contribution in [0.25, 0.3) is 0 Å². The fourth-order valence-corrected chi connectivity index (χ4v) is 2.27. The molecule has 1 unspecified atom stereocenters.